The Kier molecular flexibility index (Phi) is 35.2. The van der Waals surface area contributed by atoms with E-state index in [1.807, 2.05) is 0 Å². The summed E-state index contributed by atoms with van der Waals surface area (Å²) in [5.41, 5.74) is 5.33. The summed E-state index contributed by atoms with van der Waals surface area (Å²) in [4.78, 5) is 34.7. The minimum Gasteiger partial charge on any atom is -0.462 e. The standard InChI is InChI=1S/C39H74NO8P/c1-3-5-7-9-11-13-15-16-17-18-19-20-22-24-26-28-30-32-39(42)48-37(36-47-49(43,44)46-34-33-40)35-45-38(41)31-29-27-25-23-21-14-12-10-8-6-4-2/h10,12,16-17,37H,3-9,11,13-15,18-36,40H2,1-2H3,(H,43,44)/b12-10+,17-16+/t37-/m1/s1. The number of unbranched alkanes of at least 4 members (excludes halogenated alkanes) is 20. The fourth-order valence-electron chi connectivity index (χ4n) is 5.31. The van der Waals surface area contributed by atoms with E-state index in [2.05, 4.69) is 38.2 Å². The van der Waals surface area contributed by atoms with Crippen LogP contribution in [0.25, 0.3) is 0 Å². The van der Waals surface area contributed by atoms with Gasteiger partial charge in [-0.2, -0.15) is 0 Å². The fourth-order valence-corrected chi connectivity index (χ4v) is 6.08. The molecule has 0 aliphatic rings. The van der Waals surface area contributed by atoms with Crippen LogP contribution in [0.5, 0.6) is 0 Å². The quantitative estimate of drug-likeness (QED) is 0.0279. The number of carbonyl (C=O) groups is 2. The minimum atomic E-state index is -4.37. The number of rotatable bonds is 37. The van der Waals surface area contributed by atoms with Gasteiger partial charge in [0.2, 0.25) is 0 Å². The van der Waals surface area contributed by atoms with E-state index in [9.17, 15) is 19.0 Å². The van der Waals surface area contributed by atoms with Crippen LogP contribution in [0.3, 0.4) is 0 Å². The van der Waals surface area contributed by atoms with Crippen molar-refractivity contribution in [3.8, 4) is 0 Å². The Morgan fingerprint density at radius 2 is 1.02 bits per heavy atom. The molecular weight excluding hydrogens is 641 g/mol. The van der Waals surface area contributed by atoms with Crippen molar-refractivity contribution in [2.75, 3.05) is 26.4 Å². The number of ether oxygens (including phenoxy) is 2. The number of esters is 2. The summed E-state index contributed by atoms with van der Waals surface area (Å²) in [6, 6.07) is 0. The number of phosphoric acid groups is 1. The first-order valence-corrected chi connectivity index (χ1v) is 21.3. The Morgan fingerprint density at radius 1 is 0.592 bits per heavy atom. The molecule has 0 aromatic heterocycles. The van der Waals surface area contributed by atoms with Gasteiger partial charge in [-0.1, -0.05) is 134 Å². The first-order chi connectivity index (χ1) is 23.8. The predicted octanol–water partition coefficient (Wildman–Crippen LogP) is 10.8. The van der Waals surface area contributed by atoms with E-state index < -0.39 is 32.5 Å². The lowest BCUT2D eigenvalue weighted by Crippen LogP contribution is -2.29. The van der Waals surface area contributed by atoms with E-state index in [1.54, 1.807) is 0 Å². The number of phosphoric ester groups is 1. The molecule has 0 radical (unpaired) electrons. The van der Waals surface area contributed by atoms with Gasteiger partial charge in [0, 0.05) is 19.4 Å². The van der Waals surface area contributed by atoms with Gasteiger partial charge in [-0.15, -0.1) is 0 Å². The van der Waals surface area contributed by atoms with Crippen molar-refractivity contribution in [3.05, 3.63) is 24.3 Å². The maximum absolute atomic E-state index is 12.5. The minimum absolute atomic E-state index is 0.0523. The molecule has 1 unspecified atom stereocenters. The lowest BCUT2D eigenvalue weighted by atomic mass is 10.1. The molecule has 0 spiro atoms. The summed E-state index contributed by atoms with van der Waals surface area (Å²) in [6.45, 7) is 3.67. The second kappa shape index (κ2) is 36.3. The van der Waals surface area contributed by atoms with Crippen molar-refractivity contribution in [2.24, 2.45) is 5.73 Å². The zero-order chi connectivity index (χ0) is 36.1. The zero-order valence-electron chi connectivity index (χ0n) is 31.4. The van der Waals surface area contributed by atoms with Gasteiger partial charge in [0.1, 0.15) is 6.61 Å². The molecule has 0 amide bonds. The summed E-state index contributed by atoms with van der Waals surface area (Å²) in [5, 5.41) is 0. The van der Waals surface area contributed by atoms with Crippen LogP contribution in [0.1, 0.15) is 181 Å². The molecule has 2 atom stereocenters. The Labute approximate surface area is 300 Å². The normalized spacial score (nSPS) is 13.6. The Bertz CT molecular complexity index is 866. The lowest BCUT2D eigenvalue weighted by molar-refractivity contribution is -0.161. The van der Waals surface area contributed by atoms with Crippen LogP contribution in [0, 0.1) is 0 Å². The van der Waals surface area contributed by atoms with Gasteiger partial charge >= 0.3 is 19.8 Å². The van der Waals surface area contributed by atoms with Gasteiger partial charge in [-0.3, -0.25) is 18.6 Å². The van der Waals surface area contributed by atoms with Crippen LogP contribution < -0.4 is 5.73 Å². The molecular formula is C39H74NO8P. The van der Waals surface area contributed by atoms with Crippen molar-refractivity contribution in [1.29, 1.82) is 0 Å². The van der Waals surface area contributed by atoms with Crippen LogP contribution in [-0.4, -0.2) is 49.3 Å². The third-order valence-electron chi connectivity index (χ3n) is 8.31. The third-order valence-corrected chi connectivity index (χ3v) is 9.29. The van der Waals surface area contributed by atoms with Crippen LogP contribution in [0.2, 0.25) is 0 Å². The molecule has 288 valence electrons. The molecule has 0 rings (SSSR count). The maximum atomic E-state index is 12.5. The van der Waals surface area contributed by atoms with Crippen LogP contribution in [0.4, 0.5) is 0 Å². The van der Waals surface area contributed by atoms with E-state index >= 15 is 0 Å². The van der Waals surface area contributed by atoms with Gasteiger partial charge in [0.25, 0.3) is 0 Å². The highest BCUT2D eigenvalue weighted by Gasteiger charge is 2.25. The Morgan fingerprint density at radius 3 is 1.51 bits per heavy atom. The monoisotopic (exact) mass is 716 g/mol. The van der Waals surface area contributed by atoms with Gasteiger partial charge in [-0.05, 0) is 57.8 Å². The summed E-state index contributed by atoms with van der Waals surface area (Å²) in [5.74, 6) is -0.844. The van der Waals surface area contributed by atoms with Crippen molar-refractivity contribution < 1.29 is 37.6 Å². The SMILES string of the molecule is CCCC/C=C/CCCCCCCC(=O)OC[C@H](COP(=O)(O)OCCN)OC(=O)CCCCCCCCC/C=C/CCCCCCCC. The molecule has 9 nitrogen and oxygen atoms in total. The summed E-state index contributed by atoms with van der Waals surface area (Å²) < 4.78 is 32.6. The lowest BCUT2D eigenvalue weighted by Gasteiger charge is -2.19. The molecule has 0 aliphatic carbocycles. The smallest absolute Gasteiger partial charge is 0.462 e. The second-order valence-corrected chi connectivity index (χ2v) is 14.6. The Hall–Kier alpha value is -1.51. The molecule has 0 fully saturated rings. The van der Waals surface area contributed by atoms with E-state index in [1.165, 1.54) is 77.0 Å². The summed E-state index contributed by atoms with van der Waals surface area (Å²) in [6.07, 6.45) is 36.3. The van der Waals surface area contributed by atoms with Crippen molar-refractivity contribution in [1.82, 2.24) is 0 Å². The first kappa shape index (κ1) is 47.5. The molecule has 0 bridgehead atoms. The number of carbonyl (C=O) groups excluding carboxylic acids is 2. The van der Waals surface area contributed by atoms with Crippen molar-refractivity contribution in [2.45, 2.75) is 187 Å². The first-order valence-electron chi connectivity index (χ1n) is 19.8. The highest BCUT2D eigenvalue weighted by molar-refractivity contribution is 7.47. The third kappa shape index (κ3) is 36.1. The zero-order valence-corrected chi connectivity index (χ0v) is 32.3. The highest BCUT2D eigenvalue weighted by atomic mass is 31.2. The van der Waals surface area contributed by atoms with Gasteiger partial charge in [-0.25, -0.2) is 4.57 Å². The summed E-state index contributed by atoms with van der Waals surface area (Å²) in [7, 11) is -4.37. The van der Waals surface area contributed by atoms with Gasteiger partial charge in [0.05, 0.1) is 13.2 Å². The highest BCUT2D eigenvalue weighted by Crippen LogP contribution is 2.43. The second-order valence-electron chi connectivity index (χ2n) is 13.1. The number of hydrogen-bond donors (Lipinski definition) is 2. The molecule has 0 saturated heterocycles. The van der Waals surface area contributed by atoms with Crippen LogP contribution >= 0.6 is 7.82 Å². The number of nitrogens with two attached hydrogens (primary N) is 1. The average molecular weight is 716 g/mol. The topological polar surface area (TPSA) is 134 Å². The van der Waals surface area contributed by atoms with Gasteiger partial charge < -0.3 is 20.1 Å². The number of allylic oxidation sites excluding steroid dienone is 4. The molecule has 3 N–H and O–H groups in total. The van der Waals surface area contributed by atoms with Crippen molar-refractivity contribution in [3.63, 3.8) is 0 Å². The van der Waals surface area contributed by atoms with E-state index in [0.717, 1.165) is 70.6 Å². The molecule has 49 heavy (non-hydrogen) atoms. The van der Waals surface area contributed by atoms with Crippen molar-refractivity contribution >= 4 is 19.8 Å². The van der Waals surface area contributed by atoms with Gasteiger partial charge in [0.15, 0.2) is 6.10 Å². The van der Waals surface area contributed by atoms with Crippen LogP contribution in [-0.2, 0) is 32.7 Å². The largest absolute Gasteiger partial charge is 0.472 e. The number of hydrogen-bond acceptors (Lipinski definition) is 8. The summed E-state index contributed by atoms with van der Waals surface area (Å²) >= 11 is 0. The Balaban J connectivity index is 4.19. The molecule has 0 aromatic rings. The molecule has 0 saturated carbocycles. The van der Waals surface area contributed by atoms with E-state index in [-0.39, 0.29) is 32.6 Å². The molecule has 0 aromatic carbocycles. The molecule has 0 heterocycles. The molecule has 10 heteroatoms. The van der Waals surface area contributed by atoms with E-state index in [0.29, 0.717) is 6.42 Å². The molecule has 0 aliphatic heterocycles. The predicted molar refractivity (Wildman–Crippen MR) is 201 cm³/mol. The van der Waals surface area contributed by atoms with Crippen LogP contribution in [0.15, 0.2) is 24.3 Å². The fraction of sp³-hybridized carbons (Fsp3) is 0.846. The van der Waals surface area contributed by atoms with E-state index in [4.69, 9.17) is 24.3 Å². The average Bonchev–Trinajstić information content (AvgIpc) is 3.08. The maximum Gasteiger partial charge on any atom is 0.472 e.